The first-order valence-corrected chi connectivity index (χ1v) is 15.1. The van der Waals surface area contributed by atoms with Gasteiger partial charge in [0.15, 0.2) is 5.60 Å². The number of carboxylic acid groups (broad SMARTS) is 1. The number of hydrogen-bond donors (Lipinski definition) is 2. The number of benzene rings is 2. The number of hydrogen-bond acceptors (Lipinski definition) is 5. The normalized spacial score (nSPS) is 28.0. The molecule has 8 heteroatoms. The molecule has 40 heavy (non-hydrogen) atoms. The molecule has 1 amide bonds. The summed E-state index contributed by atoms with van der Waals surface area (Å²) in [6.45, 7) is 4.08. The quantitative estimate of drug-likeness (QED) is 0.470. The number of carbonyl (C=O) groups is 2. The van der Waals surface area contributed by atoms with Crippen LogP contribution in [0.3, 0.4) is 0 Å². The molecule has 0 saturated heterocycles. The maximum absolute atomic E-state index is 13.3. The Labute approximate surface area is 242 Å². The number of carbonyl (C=O) groups excluding carboxylic acids is 1. The van der Waals surface area contributed by atoms with E-state index < -0.39 is 17.5 Å². The number of fused-ring (bicyclic) bond motifs is 3. The number of halogens is 1. The maximum Gasteiger partial charge on any atom is 0.341 e. The van der Waals surface area contributed by atoms with Crippen LogP contribution in [0, 0.1) is 5.92 Å². The van der Waals surface area contributed by atoms with Crippen LogP contribution in [0.1, 0.15) is 75.0 Å². The molecule has 3 aliphatic rings. The third-order valence-corrected chi connectivity index (χ3v) is 9.58. The van der Waals surface area contributed by atoms with Crippen LogP contribution in [0.4, 0.5) is 5.69 Å². The van der Waals surface area contributed by atoms with Gasteiger partial charge in [0.25, 0.3) is 0 Å². The molecular weight excluding hydrogens is 528 g/mol. The van der Waals surface area contributed by atoms with Gasteiger partial charge >= 0.3 is 5.97 Å². The molecule has 0 unspecified atom stereocenters. The van der Waals surface area contributed by atoms with Crippen LogP contribution in [0.15, 0.2) is 36.4 Å². The lowest BCUT2D eigenvalue weighted by Crippen LogP contribution is -2.49. The molecule has 2 aromatic carbocycles. The summed E-state index contributed by atoms with van der Waals surface area (Å²) in [7, 11) is 1.69. The molecule has 1 aliphatic carbocycles. The minimum atomic E-state index is -2.37. The second kappa shape index (κ2) is 11.6. The van der Waals surface area contributed by atoms with Gasteiger partial charge in [-0.1, -0.05) is 49.4 Å². The lowest BCUT2D eigenvalue weighted by atomic mass is 9.70. The van der Waals surface area contributed by atoms with Gasteiger partial charge in [-0.25, -0.2) is 4.79 Å². The Bertz CT molecular complexity index is 1270. The first-order valence-electron chi connectivity index (χ1n) is 14.7. The standard InChI is InChI=1S/C32H41ClN2O5/c1-22-29(36)34(2)16-7-5-3-4-6-8-17-35-20-31(15-9-10-23-18-25(33)12-13-26(23)31)21-40-28-14-11-24(19-27(28)35)32(22,39)30(37)38/h11-14,18-19,22,39H,3-10,15-17,20-21H2,1-2H3,(H,37,38)/t22-,31+,32+/m1/s1. The van der Waals surface area contributed by atoms with Crippen LogP contribution in [-0.2, 0) is 27.0 Å². The number of carboxylic acids is 1. The van der Waals surface area contributed by atoms with Crippen LogP contribution < -0.4 is 9.64 Å². The summed E-state index contributed by atoms with van der Waals surface area (Å²) in [6.07, 6.45) is 9.21. The van der Waals surface area contributed by atoms with Crippen molar-refractivity contribution in [3.8, 4) is 5.75 Å². The third-order valence-electron chi connectivity index (χ3n) is 9.35. The summed E-state index contributed by atoms with van der Waals surface area (Å²) in [5.74, 6) is -2.30. The predicted molar refractivity (Wildman–Crippen MR) is 156 cm³/mol. The molecule has 0 saturated carbocycles. The summed E-state index contributed by atoms with van der Waals surface area (Å²) in [6, 6.07) is 11.3. The molecule has 1 spiro atoms. The molecule has 2 bridgehead atoms. The van der Waals surface area contributed by atoms with Crippen molar-refractivity contribution in [1.29, 1.82) is 0 Å². The van der Waals surface area contributed by atoms with Gasteiger partial charge in [0, 0.05) is 37.1 Å². The lowest BCUT2D eigenvalue weighted by Gasteiger charge is -2.41. The molecule has 2 aromatic rings. The van der Waals surface area contributed by atoms with Crippen molar-refractivity contribution in [3.05, 3.63) is 58.1 Å². The smallest absolute Gasteiger partial charge is 0.341 e. The lowest BCUT2D eigenvalue weighted by molar-refractivity contribution is -0.172. The van der Waals surface area contributed by atoms with E-state index in [-0.39, 0.29) is 16.9 Å². The van der Waals surface area contributed by atoms with E-state index in [4.69, 9.17) is 16.3 Å². The molecule has 216 valence electrons. The van der Waals surface area contributed by atoms with Crippen molar-refractivity contribution >= 4 is 29.2 Å². The summed E-state index contributed by atoms with van der Waals surface area (Å²) in [5.41, 5.74) is 0.901. The minimum absolute atomic E-state index is 0.195. The average molecular weight is 569 g/mol. The summed E-state index contributed by atoms with van der Waals surface area (Å²) in [5, 5.41) is 22.7. The molecule has 0 radical (unpaired) electrons. The molecule has 2 aliphatic heterocycles. The monoisotopic (exact) mass is 568 g/mol. The molecule has 0 fully saturated rings. The molecule has 5 rings (SSSR count). The highest BCUT2D eigenvalue weighted by Crippen LogP contribution is 2.46. The Morgan fingerprint density at radius 1 is 1.02 bits per heavy atom. The van der Waals surface area contributed by atoms with Crippen LogP contribution in [0.2, 0.25) is 5.02 Å². The van der Waals surface area contributed by atoms with Crippen LogP contribution in [0.25, 0.3) is 0 Å². The first-order chi connectivity index (χ1) is 19.2. The minimum Gasteiger partial charge on any atom is -0.490 e. The van der Waals surface area contributed by atoms with Crippen molar-refractivity contribution in [1.82, 2.24) is 4.90 Å². The molecule has 7 nitrogen and oxygen atoms in total. The van der Waals surface area contributed by atoms with Gasteiger partial charge < -0.3 is 24.7 Å². The van der Waals surface area contributed by atoms with Crippen LogP contribution >= 0.6 is 11.6 Å². The zero-order chi connectivity index (χ0) is 28.5. The van der Waals surface area contributed by atoms with Gasteiger partial charge in [-0.2, -0.15) is 0 Å². The largest absolute Gasteiger partial charge is 0.490 e. The summed E-state index contributed by atoms with van der Waals surface area (Å²) in [4.78, 5) is 29.8. The fourth-order valence-corrected chi connectivity index (χ4v) is 7.12. The van der Waals surface area contributed by atoms with Gasteiger partial charge in [-0.15, -0.1) is 0 Å². The molecule has 2 heterocycles. The number of aryl methyl sites for hydroxylation is 1. The number of nitrogens with zero attached hydrogens (tertiary/aromatic N) is 2. The second-order valence-electron chi connectivity index (χ2n) is 12.0. The summed E-state index contributed by atoms with van der Waals surface area (Å²) < 4.78 is 6.51. The Hall–Kier alpha value is -2.77. The first kappa shape index (κ1) is 28.7. The van der Waals surface area contributed by atoms with E-state index in [1.807, 2.05) is 6.07 Å². The molecule has 2 N–H and O–H groups in total. The van der Waals surface area contributed by atoms with Gasteiger partial charge in [0.1, 0.15) is 5.75 Å². The number of aliphatic hydroxyl groups is 1. The molecule has 3 atom stereocenters. The highest BCUT2D eigenvalue weighted by molar-refractivity contribution is 6.30. The summed E-state index contributed by atoms with van der Waals surface area (Å²) >= 11 is 6.36. The van der Waals surface area contributed by atoms with E-state index in [1.165, 1.54) is 18.1 Å². The van der Waals surface area contributed by atoms with Gasteiger partial charge in [0.2, 0.25) is 5.91 Å². The van der Waals surface area contributed by atoms with Crippen molar-refractivity contribution < 1.29 is 24.5 Å². The van der Waals surface area contributed by atoms with Gasteiger partial charge in [0.05, 0.1) is 18.2 Å². The van der Waals surface area contributed by atoms with Crippen LogP contribution in [-0.4, -0.2) is 60.3 Å². The van der Waals surface area contributed by atoms with Crippen molar-refractivity contribution in [2.24, 2.45) is 5.92 Å². The Kier molecular flexibility index (Phi) is 8.35. The number of amides is 1. The average Bonchev–Trinajstić information content (AvgIpc) is 3.09. The SMILES string of the molecule is C[C@@H]1C(=O)N(C)CCCCCCCCN2C[C@@]3(CCCc4cc(Cl)ccc43)COc3ccc(cc32)[C@]1(O)C(=O)O. The number of ether oxygens (including phenoxy) is 1. The Balaban J connectivity index is 1.59. The van der Waals surface area contributed by atoms with E-state index in [2.05, 4.69) is 17.0 Å². The van der Waals surface area contributed by atoms with E-state index in [9.17, 15) is 19.8 Å². The number of rotatable bonds is 1. The zero-order valence-corrected chi connectivity index (χ0v) is 24.4. The third kappa shape index (κ3) is 5.30. The van der Waals surface area contributed by atoms with Crippen molar-refractivity contribution in [3.63, 3.8) is 0 Å². The fourth-order valence-electron chi connectivity index (χ4n) is 6.92. The Morgan fingerprint density at radius 2 is 1.75 bits per heavy atom. The molecular formula is C32H41ClN2O5. The van der Waals surface area contributed by atoms with Gasteiger partial charge in [-0.3, -0.25) is 4.79 Å². The van der Waals surface area contributed by atoms with E-state index in [1.54, 1.807) is 30.1 Å². The maximum atomic E-state index is 13.3. The van der Waals surface area contributed by atoms with E-state index >= 15 is 0 Å². The van der Waals surface area contributed by atoms with Crippen LogP contribution in [0.5, 0.6) is 5.75 Å². The molecule has 0 aromatic heterocycles. The highest BCUT2D eigenvalue weighted by atomic mass is 35.5. The van der Waals surface area contributed by atoms with E-state index in [0.29, 0.717) is 18.9 Å². The number of anilines is 1. The second-order valence-corrected chi connectivity index (χ2v) is 12.4. The van der Waals surface area contributed by atoms with Gasteiger partial charge in [-0.05, 0) is 80.0 Å². The predicted octanol–water partition coefficient (Wildman–Crippen LogP) is 5.53. The van der Waals surface area contributed by atoms with E-state index in [0.717, 1.165) is 81.6 Å². The number of aliphatic carboxylic acids is 1. The van der Waals surface area contributed by atoms with Crippen molar-refractivity contribution in [2.45, 2.75) is 75.7 Å². The highest BCUT2D eigenvalue weighted by Gasteiger charge is 2.49. The Morgan fingerprint density at radius 3 is 2.50 bits per heavy atom. The fraction of sp³-hybridized carbons (Fsp3) is 0.562. The zero-order valence-electron chi connectivity index (χ0n) is 23.6. The topological polar surface area (TPSA) is 90.3 Å². The van der Waals surface area contributed by atoms with Crippen molar-refractivity contribution in [2.75, 3.05) is 38.2 Å².